The summed E-state index contributed by atoms with van der Waals surface area (Å²) in [6.45, 7) is 3.65. The molecular formula is C14H13N7O. The van der Waals surface area contributed by atoms with Crippen molar-refractivity contribution < 1.29 is 0 Å². The van der Waals surface area contributed by atoms with Crippen LogP contribution in [0, 0.1) is 6.92 Å². The Morgan fingerprint density at radius 1 is 1.18 bits per heavy atom. The van der Waals surface area contributed by atoms with Gasteiger partial charge in [-0.05, 0) is 26.0 Å². The lowest BCUT2D eigenvalue weighted by atomic mass is 10.2. The van der Waals surface area contributed by atoms with Crippen molar-refractivity contribution in [2.24, 2.45) is 4.99 Å². The molecule has 4 rings (SSSR count). The number of H-pyrrole nitrogens is 1. The van der Waals surface area contributed by atoms with E-state index in [2.05, 4.69) is 30.6 Å². The predicted molar refractivity (Wildman–Crippen MR) is 81.4 cm³/mol. The molecule has 0 saturated heterocycles. The number of aryl methyl sites for hydroxylation is 1. The van der Waals surface area contributed by atoms with Gasteiger partial charge in [-0.2, -0.15) is 0 Å². The van der Waals surface area contributed by atoms with Crippen molar-refractivity contribution in [1.82, 2.24) is 24.8 Å². The van der Waals surface area contributed by atoms with E-state index in [1.54, 1.807) is 4.68 Å². The fourth-order valence-electron chi connectivity index (χ4n) is 2.55. The molecule has 8 heteroatoms. The second-order valence-corrected chi connectivity index (χ2v) is 5.14. The number of hydrogen-bond acceptors (Lipinski definition) is 6. The van der Waals surface area contributed by atoms with E-state index < -0.39 is 6.04 Å². The summed E-state index contributed by atoms with van der Waals surface area (Å²) in [5.41, 5.74) is 4.52. The number of nitrogens with one attached hydrogen (secondary N) is 2. The number of para-hydroxylation sites is 2. The van der Waals surface area contributed by atoms with E-state index in [1.807, 2.05) is 38.1 Å². The predicted octanol–water partition coefficient (Wildman–Crippen LogP) is 0.888. The van der Waals surface area contributed by atoms with Gasteiger partial charge >= 0.3 is 0 Å². The van der Waals surface area contributed by atoms with Crippen LogP contribution in [0.2, 0.25) is 0 Å². The molecule has 22 heavy (non-hydrogen) atoms. The van der Waals surface area contributed by atoms with Gasteiger partial charge in [-0.1, -0.05) is 12.1 Å². The van der Waals surface area contributed by atoms with Crippen LogP contribution >= 0.6 is 0 Å². The lowest BCUT2D eigenvalue weighted by molar-refractivity contribution is 0.677. The number of aromatic amines is 1. The Bertz CT molecular complexity index is 969. The minimum absolute atomic E-state index is 0.269. The zero-order valence-corrected chi connectivity index (χ0v) is 12.0. The molecule has 1 aliphatic heterocycles. The first-order valence-electron chi connectivity index (χ1n) is 6.86. The normalized spacial score (nSPS) is 17.0. The molecule has 1 unspecified atom stereocenters. The number of benzene rings is 1. The van der Waals surface area contributed by atoms with Crippen LogP contribution in [0.1, 0.15) is 30.3 Å². The van der Waals surface area contributed by atoms with Crippen LogP contribution in [0.4, 0.5) is 0 Å². The maximum absolute atomic E-state index is 12.4. The van der Waals surface area contributed by atoms with E-state index in [4.69, 9.17) is 0 Å². The molecule has 1 atom stereocenters. The van der Waals surface area contributed by atoms with Gasteiger partial charge in [0.05, 0.1) is 11.0 Å². The average Bonchev–Trinajstić information content (AvgIpc) is 2.87. The molecule has 0 saturated carbocycles. The molecule has 0 spiro atoms. The summed E-state index contributed by atoms with van der Waals surface area (Å²) in [4.78, 5) is 24.2. The fourth-order valence-corrected chi connectivity index (χ4v) is 2.55. The third-order valence-electron chi connectivity index (χ3n) is 3.58. The highest BCUT2D eigenvalue weighted by Crippen LogP contribution is 2.24. The average molecular weight is 295 g/mol. The number of nitrogens with zero attached hydrogens (tertiary/aromatic N) is 5. The van der Waals surface area contributed by atoms with Gasteiger partial charge in [-0.15, -0.1) is 10.2 Å². The Labute approximate surface area is 124 Å². The number of aromatic nitrogens is 5. The van der Waals surface area contributed by atoms with E-state index in [0.717, 1.165) is 0 Å². The number of aliphatic imine (C=N–C) groups is 1. The molecule has 1 aliphatic rings. The summed E-state index contributed by atoms with van der Waals surface area (Å²) >= 11 is 0. The molecular weight excluding hydrogens is 282 g/mol. The monoisotopic (exact) mass is 295 g/mol. The van der Waals surface area contributed by atoms with Crippen molar-refractivity contribution in [2.75, 3.05) is 5.43 Å². The summed E-state index contributed by atoms with van der Waals surface area (Å²) in [6, 6.07) is 6.82. The van der Waals surface area contributed by atoms with Crippen molar-refractivity contribution in [2.45, 2.75) is 19.9 Å². The molecule has 3 aromatic rings. The summed E-state index contributed by atoms with van der Waals surface area (Å²) in [7, 11) is 0. The maximum Gasteiger partial charge on any atom is 0.272 e. The van der Waals surface area contributed by atoms with Crippen molar-refractivity contribution in [3.8, 4) is 0 Å². The second-order valence-electron chi connectivity index (χ2n) is 5.14. The standard InChI is InChI=1S/C14H13N7O/c1-7-15-11(13-19-18-8(2)21(13)20-7)12-14(22)17-10-6-4-3-5-9(10)16-12/h3-6,11H,1-2H3,(H,15,20)(H,17,22). The van der Waals surface area contributed by atoms with Crippen LogP contribution in [-0.4, -0.2) is 30.7 Å². The van der Waals surface area contributed by atoms with Gasteiger partial charge < -0.3 is 4.98 Å². The molecule has 0 radical (unpaired) electrons. The topological polar surface area (TPSA) is 101 Å². The van der Waals surface area contributed by atoms with Crippen LogP contribution in [0.5, 0.6) is 0 Å². The fraction of sp³-hybridized carbons (Fsp3) is 0.214. The van der Waals surface area contributed by atoms with Gasteiger partial charge in [0.25, 0.3) is 5.56 Å². The van der Waals surface area contributed by atoms with Crippen molar-refractivity contribution in [1.29, 1.82) is 0 Å². The van der Waals surface area contributed by atoms with E-state index in [1.165, 1.54) is 0 Å². The van der Waals surface area contributed by atoms with Gasteiger partial charge in [-0.25, -0.2) is 9.66 Å². The van der Waals surface area contributed by atoms with E-state index >= 15 is 0 Å². The van der Waals surface area contributed by atoms with Gasteiger partial charge in [0, 0.05) is 0 Å². The first-order valence-corrected chi connectivity index (χ1v) is 6.86. The summed E-state index contributed by atoms with van der Waals surface area (Å²) in [5.74, 6) is 1.93. The number of hydrogen-bond donors (Lipinski definition) is 2. The summed E-state index contributed by atoms with van der Waals surface area (Å²) < 4.78 is 1.73. The smallest absolute Gasteiger partial charge is 0.272 e. The third kappa shape index (κ3) is 1.80. The summed E-state index contributed by atoms with van der Waals surface area (Å²) in [5, 5.41) is 8.16. The van der Waals surface area contributed by atoms with Gasteiger partial charge in [-0.3, -0.25) is 15.2 Å². The van der Waals surface area contributed by atoms with Crippen molar-refractivity contribution in [3.05, 3.63) is 52.0 Å². The molecule has 2 N–H and O–H groups in total. The maximum atomic E-state index is 12.4. The lowest BCUT2D eigenvalue weighted by Gasteiger charge is -2.21. The second kappa shape index (κ2) is 4.48. The molecule has 0 aliphatic carbocycles. The minimum atomic E-state index is -0.573. The Morgan fingerprint density at radius 2 is 2.00 bits per heavy atom. The summed E-state index contributed by atoms with van der Waals surface area (Å²) in [6.07, 6.45) is 0. The highest BCUT2D eigenvalue weighted by Gasteiger charge is 2.29. The Kier molecular flexibility index (Phi) is 2.59. The van der Waals surface area contributed by atoms with E-state index in [-0.39, 0.29) is 5.56 Å². The van der Waals surface area contributed by atoms with Crippen LogP contribution < -0.4 is 11.0 Å². The molecule has 0 fully saturated rings. The minimum Gasteiger partial charge on any atom is -0.319 e. The van der Waals surface area contributed by atoms with Gasteiger partial charge in [0.15, 0.2) is 11.9 Å². The van der Waals surface area contributed by atoms with Crippen molar-refractivity contribution >= 4 is 16.9 Å². The molecule has 8 nitrogen and oxygen atoms in total. The Hall–Kier alpha value is -3.03. The van der Waals surface area contributed by atoms with Crippen molar-refractivity contribution in [3.63, 3.8) is 0 Å². The molecule has 1 aromatic carbocycles. The Morgan fingerprint density at radius 3 is 2.86 bits per heavy atom. The zero-order chi connectivity index (χ0) is 15.3. The van der Waals surface area contributed by atoms with Crippen LogP contribution in [0.25, 0.3) is 11.0 Å². The molecule has 3 heterocycles. The molecule has 110 valence electrons. The van der Waals surface area contributed by atoms with E-state index in [0.29, 0.717) is 34.2 Å². The highest BCUT2D eigenvalue weighted by molar-refractivity contribution is 5.88. The zero-order valence-electron chi connectivity index (χ0n) is 12.0. The molecule has 0 bridgehead atoms. The first-order chi connectivity index (χ1) is 10.6. The Balaban J connectivity index is 1.96. The number of rotatable bonds is 1. The SMILES string of the molecule is CC1=NC(c2nc3ccccc3[nH]c2=O)c2nnc(C)n2N1. The van der Waals surface area contributed by atoms with Crippen LogP contribution in [0.3, 0.4) is 0 Å². The lowest BCUT2D eigenvalue weighted by Crippen LogP contribution is -2.32. The number of fused-ring (bicyclic) bond motifs is 2. The van der Waals surface area contributed by atoms with Gasteiger partial charge in [0.2, 0.25) is 0 Å². The largest absolute Gasteiger partial charge is 0.319 e. The first kappa shape index (κ1) is 12.7. The quantitative estimate of drug-likeness (QED) is 0.694. The molecule has 2 aromatic heterocycles. The van der Waals surface area contributed by atoms with E-state index in [9.17, 15) is 4.79 Å². The van der Waals surface area contributed by atoms with Crippen LogP contribution in [-0.2, 0) is 0 Å². The van der Waals surface area contributed by atoms with Crippen LogP contribution in [0.15, 0.2) is 34.1 Å². The highest BCUT2D eigenvalue weighted by atomic mass is 16.1. The number of amidine groups is 1. The molecule has 0 amide bonds. The van der Waals surface area contributed by atoms with Gasteiger partial charge in [0.1, 0.15) is 17.4 Å². The third-order valence-corrected chi connectivity index (χ3v) is 3.58.